The number of nitrogens with one attached hydrogen (secondary N) is 2. The third kappa shape index (κ3) is 5.62. The molecule has 0 bridgehead atoms. The number of amides is 1. The van der Waals surface area contributed by atoms with Gasteiger partial charge in [0, 0.05) is 19.1 Å². The lowest BCUT2D eigenvalue weighted by molar-refractivity contribution is -0.198. The van der Waals surface area contributed by atoms with Crippen molar-refractivity contribution in [3.8, 4) is 11.5 Å². The van der Waals surface area contributed by atoms with Crippen molar-refractivity contribution in [1.29, 1.82) is 0 Å². The molecule has 1 aromatic heterocycles. The van der Waals surface area contributed by atoms with Crippen LogP contribution in [-0.4, -0.2) is 35.9 Å². The molecule has 1 aliphatic rings. The van der Waals surface area contributed by atoms with E-state index in [1.54, 1.807) is 25.3 Å². The number of ether oxygens (including phenoxy) is 3. The fraction of sp³-hybridized carbons (Fsp3) is 0.304. The average Bonchev–Trinajstić information content (AvgIpc) is 3.24. The molecule has 0 saturated carbocycles. The summed E-state index contributed by atoms with van der Waals surface area (Å²) in [6, 6.07) is 13.2. The molecule has 2 heterocycles. The molecule has 1 fully saturated rings. The summed E-state index contributed by atoms with van der Waals surface area (Å²) in [6.45, 7) is 0.910. The third-order valence-electron chi connectivity index (χ3n) is 4.85. The highest BCUT2D eigenvalue weighted by molar-refractivity contribution is 5.91. The van der Waals surface area contributed by atoms with Gasteiger partial charge >= 0.3 is 0 Å². The molecule has 4 rings (SSSR count). The van der Waals surface area contributed by atoms with Crippen LogP contribution in [-0.2, 0) is 21.0 Å². The van der Waals surface area contributed by atoms with Gasteiger partial charge in [-0.1, -0.05) is 18.2 Å². The largest absolute Gasteiger partial charge is 0.493 e. The molecule has 1 saturated heterocycles. The Morgan fingerprint density at radius 2 is 2.16 bits per heavy atom. The Kier molecular flexibility index (Phi) is 6.81. The van der Waals surface area contributed by atoms with Crippen molar-refractivity contribution in [1.82, 2.24) is 15.4 Å². The van der Waals surface area contributed by atoms with Crippen LogP contribution in [0.3, 0.4) is 0 Å². The van der Waals surface area contributed by atoms with E-state index in [1.165, 1.54) is 6.08 Å². The van der Waals surface area contributed by atoms with Crippen molar-refractivity contribution in [2.24, 2.45) is 0 Å². The van der Waals surface area contributed by atoms with Crippen LogP contribution in [0.1, 0.15) is 30.7 Å². The second-order valence-corrected chi connectivity index (χ2v) is 7.11. The Hall–Kier alpha value is -3.36. The van der Waals surface area contributed by atoms with E-state index in [1.807, 2.05) is 30.3 Å². The number of aromatic nitrogens is 2. The normalized spacial score (nSPS) is 16.5. The predicted octanol–water partition coefficient (Wildman–Crippen LogP) is 3.74. The van der Waals surface area contributed by atoms with E-state index in [-0.39, 0.29) is 18.8 Å². The summed E-state index contributed by atoms with van der Waals surface area (Å²) in [6.07, 6.45) is 5.51. The third-order valence-corrected chi connectivity index (χ3v) is 4.85. The average molecular weight is 423 g/mol. The van der Waals surface area contributed by atoms with Gasteiger partial charge in [-0.05, 0) is 48.7 Å². The zero-order chi connectivity index (χ0) is 21.5. The van der Waals surface area contributed by atoms with E-state index < -0.39 is 0 Å². The molecule has 8 nitrogen and oxygen atoms in total. The van der Waals surface area contributed by atoms with Crippen molar-refractivity contribution in [3.05, 3.63) is 59.9 Å². The van der Waals surface area contributed by atoms with Crippen LogP contribution in [0.4, 0.5) is 0 Å². The van der Waals surface area contributed by atoms with Crippen LogP contribution in [0, 0.1) is 0 Å². The molecular formula is C23H25N3O5. The highest BCUT2D eigenvalue weighted by atomic mass is 16.8. The molecule has 1 amide bonds. The minimum Gasteiger partial charge on any atom is -0.493 e. The van der Waals surface area contributed by atoms with Gasteiger partial charge in [0.2, 0.25) is 0 Å². The molecule has 2 aromatic carbocycles. The Labute approximate surface area is 180 Å². The first-order valence-electron chi connectivity index (χ1n) is 10.2. The van der Waals surface area contributed by atoms with Crippen LogP contribution in [0.2, 0.25) is 0 Å². The number of nitrogens with zero attached hydrogens (tertiary/aromatic N) is 1. The molecule has 0 spiro atoms. The SMILES string of the molecule is COc1ccc(/C=C/C(=O)NOC2CCCCO2)cc1OCc1nc2ccccc2[nH]1. The molecule has 162 valence electrons. The van der Waals surface area contributed by atoms with E-state index in [0.717, 1.165) is 35.9 Å². The number of imidazole rings is 1. The number of rotatable bonds is 8. The number of hydroxylamine groups is 1. The van der Waals surface area contributed by atoms with Crippen LogP contribution in [0.25, 0.3) is 17.1 Å². The summed E-state index contributed by atoms with van der Waals surface area (Å²) in [7, 11) is 1.58. The lowest BCUT2D eigenvalue weighted by Crippen LogP contribution is -2.32. The Morgan fingerprint density at radius 1 is 1.26 bits per heavy atom. The Morgan fingerprint density at radius 3 is 2.97 bits per heavy atom. The molecule has 3 aromatic rings. The maximum absolute atomic E-state index is 12.0. The minimum atomic E-state index is -0.384. The summed E-state index contributed by atoms with van der Waals surface area (Å²) >= 11 is 0. The fourth-order valence-electron chi connectivity index (χ4n) is 3.26. The van der Waals surface area contributed by atoms with Gasteiger partial charge in [0.1, 0.15) is 12.4 Å². The number of fused-ring (bicyclic) bond motifs is 1. The topological polar surface area (TPSA) is 94.7 Å². The molecule has 31 heavy (non-hydrogen) atoms. The highest BCUT2D eigenvalue weighted by Crippen LogP contribution is 2.29. The van der Waals surface area contributed by atoms with E-state index >= 15 is 0 Å². The first kappa shape index (κ1) is 20.9. The summed E-state index contributed by atoms with van der Waals surface area (Å²) < 4.78 is 16.7. The van der Waals surface area contributed by atoms with Crippen molar-refractivity contribution >= 4 is 23.0 Å². The molecule has 0 radical (unpaired) electrons. The number of hydrogen-bond donors (Lipinski definition) is 2. The summed E-state index contributed by atoms with van der Waals surface area (Å²) in [4.78, 5) is 25.0. The van der Waals surface area contributed by atoms with E-state index in [4.69, 9.17) is 19.0 Å². The number of hydrogen-bond acceptors (Lipinski definition) is 6. The van der Waals surface area contributed by atoms with E-state index in [9.17, 15) is 4.79 Å². The lowest BCUT2D eigenvalue weighted by atomic mass is 10.2. The molecule has 1 unspecified atom stereocenters. The minimum absolute atomic E-state index is 0.258. The number of benzene rings is 2. The number of carbonyl (C=O) groups is 1. The predicted molar refractivity (Wildman–Crippen MR) is 115 cm³/mol. The van der Waals surface area contributed by atoms with Crippen molar-refractivity contribution < 1.29 is 23.8 Å². The van der Waals surface area contributed by atoms with Crippen LogP contribution >= 0.6 is 0 Å². The standard InChI is InChI=1S/C23H25N3O5/c1-28-19-11-9-16(10-12-22(27)26-31-23-8-4-5-13-29-23)14-20(19)30-15-21-24-17-6-2-3-7-18(17)25-21/h2-3,6-7,9-12,14,23H,4-5,8,13,15H2,1H3,(H,24,25)(H,26,27)/b12-10+. The molecule has 8 heteroatoms. The van der Waals surface area contributed by atoms with Gasteiger partial charge in [-0.15, -0.1) is 0 Å². The lowest BCUT2D eigenvalue weighted by Gasteiger charge is -2.21. The first-order valence-corrected chi connectivity index (χ1v) is 10.2. The van der Waals surface area contributed by atoms with Crippen LogP contribution < -0.4 is 15.0 Å². The monoisotopic (exact) mass is 423 g/mol. The fourth-order valence-corrected chi connectivity index (χ4v) is 3.26. The Bertz CT molecular complexity index is 1020. The highest BCUT2D eigenvalue weighted by Gasteiger charge is 2.15. The van der Waals surface area contributed by atoms with Crippen molar-refractivity contribution in [3.63, 3.8) is 0 Å². The number of aromatic amines is 1. The number of para-hydroxylation sites is 2. The zero-order valence-electron chi connectivity index (χ0n) is 17.3. The Balaban J connectivity index is 1.36. The van der Waals surface area contributed by atoms with Gasteiger partial charge in [-0.3, -0.25) is 4.79 Å². The first-order chi connectivity index (χ1) is 15.2. The number of methoxy groups -OCH3 is 1. The zero-order valence-corrected chi connectivity index (χ0v) is 17.3. The second kappa shape index (κ2) is 10.1. The maximum Gasteiger partial charge on any atom is 0.267 e. The van der Waals surface area contributed by atoms with Gasteiger partial charge in [-0.2, -0.15) is 0 Å². The van der Waals surface area contributed by atoms with E-state index in [0.29, 0.717) is 23.9 Å². The van der Waals surface area contributed by atoms with E-state index in [2.05, 4.69) is 15.4 Å². The molecule has 1 aliphatic heterocycles. The maximum atomic E-state index is 12.0. The number of H-pyrrole nitrogens is 1. The molecule has 0 aliphatic carbocycles. The van der Waals surface area contributed by atoms with Gasteiger partial charge in [0.15, 0.2) is 17.8 Å². The molecule has 1 atom stereocenters. The van der Waals surface area contributed by atoms with Gasteiger partial charge in [-0.25, -0.2) is 15.3 Å². The van der Waals surface area contributed by atoms with Gasteiger partial charge < -0.3 is 19.2 Å². The van der Waals surface area contributed by atoms with Crippen molar-refractivity contribution in [2.45, 2.75) is 32.2 Å². The second-order valence-electron chi connectivity index (χ2n) is 7.11. The summed E-state index contributed by atoms with van der Waals surface area (Å²) in [5, 5.41) is 0. The quantitative estimate of drug-likeness (QED) is 0.423. The van der Waals surface area contributed by atoms with Gasteiger partial charge in [0.05, 0.1) is 18.1 Å². The number of carbonyl (C=O) groups excluding carboxylic acids is 1. The van der Waals surface area contributed by atoms with Crippen LogP contribution in [0.5, 0.6) is 11.5 Å². The van der Waals surface area contributed by atoms with Crippen molar-refractivity contribution in [2.75, 3.05) is 13.7 Å². The van der Waals surface area contributed by atoms with Crippen LogP contribution in [0.15, 0.2) is 48.5 Å². The summed E-state index contributed by atoms with van der Waals surface area (Å²) in [5.74, 6) is 1.49. The molecular weight excluding hydrogens is 398 g/mol. The summed E-state index contributed by atoms with van der Waals surface area (Å²) in [5.41, 5.74) is 5.02. The molecule has 2 N–H and O–H groups in total. The smallest absolute Gasteiger partial charge is 0.267 e. The van der Waals surface area contributed by atoms with Gasteiger partial charge in [0.25, 0.3) is 5.91 Å².